The number of nitrogens with zero attached hydrogens (tertiary/aromatic N) is 2. The molecule has 1 saturated heterocycles. The van der Waals surface area contributed by atoms with Crippen LogP contribution in [0.1, 0.15) is 36.9 Å². The van der Waals surface area contributed by atoms with Gasteiger partial charge in [-0.05, 0) is 31.9 Å². The summed E-state index contributed by atoms with van der Waals surface area (Å²) in [4.78, 5) is 7.39. The summed E-state index contributed by atoms with van der Waals surface area (Å²) in [6.07, 6.45) is 5.08. The van der Waals surface area contributed by atoms with Gasteiger partial charge in [-0.15, -0.1) is 0 Å². The zero-order chi connectivity index (χ0) is 12.3. The molecule has 0 bridgehead atoms. The second-order valence-corrected chi connectivity index (χ2v) is 5.03. The van der Waals surface area contributed by atoms with Crippen LogP contribution in [0.3, 0.4) is 0 Å². The fourth-order valence-corrected chi connectivity index (χ4v) is 2.42. The van der Waals surface area contributed by atoms with Crippen LogP contribution < -0.4 is 10.6 Å². The maximum absolute atomic E-state index is 5.78. The quantitative estimate of drug-likeness (QED) is 0.817. The van der Waals surface area contributed by atoms with E-state index < -0.39 is 0 Å². The van der Waals surface area contributed by atoms with E-state index in [0.717, 1.165) is 30.2 Å². The van der Waals surface area contributed by atoms with Crippen LogP contribution in [0.5, 0.6) is 0 Å². The second kappa shape index (κ2) is 5.45. The number of nitrogens with two attached hydrogens (primary N) is 1. The van der Waals surface area contributed by atoms with Crippen LogP contribution in [-0.2, 0) is 0 Å². The van der Waals surface area contributed by atoms with Crippen molar-refractivity contribution in [2.75, 3.05) is 18.0 Å². The minimum atomic E-state index is 0.441. The summed E-state index contributed by atoms with van der Waals surface area (Å²) in [5, 5.41) is 0. The molecule has 1 fully saturated rings. The average molecular weight is 249 g/mol. The van der Waals surface area contributed by atoms with Crippen LogP contribution >= 0.6 is 12.2 Å². The van der Waals surface area contributed by atoms with Gasteiger partial charge < -0.3 is 10.6 Å². The number of anilines is 1. The average Bonchev–Trinajstić information content (AvgIpc) is 2.56. The molecule has 3 nitrogen and oxygen atoms in total. The van der Waals surface area contributed by atoms with E-state index in [4.69, 9.17) is 18.0 Å². The number of hydrogen-bond donors (Lipinski definition) is 1. The standard InChI is InChI=1S/C13H19N3S/c1-10-6-7-11(12(14)17)13(15-10)16-8-4-2-3-5-9-16/h6-7H,2-5,8-9H2,1H3,(H2,14,17). The highest BCUT2D eigenvalue weighted by atomic mass is 32.1. The summed E-state index contributed by atoms with van der Waals surface area (Å²) in [5.74, 6) is 0.972. The highest BCUT2D eigenvalue weighted by molar-refractivity contribution is 7.80. The number of thiocarbonyl (C=S) groups is 1. The second-order valence-electron chi connectivity index (χ2n) is 4.59. The highest BCUT2D eigenvalue weighted by Crippen LogP contribution is 2.22. The molecule has 0 saturated carbocycles. The van der Waals surface area contributed by atoms with Gasteiger partial charge in [0.2, 0.25) is 0 Å². The lowest BCUT2D eigenvalue weighted by Gasteiger charge is -2.24. The van der Waals surface area contributed by atoms with E-state index in [2.05, 4.69) is 9.88 Å². The van der Waals surface area contributed by atoms with Gasteiger partial charge in [-0.2, -0.15) is 0 Å². The Labute approximate surface area is 108 Å². The van der Waals surface area contributed by atoms with Crippen molar-refractivity contribution in [2.45, 2.75) is 32.6 Å². The summed E-state index contributed by atoms with van der Waals surface area (Å²) in [5.41, 5.74) is 7.70. The number of aromatic nitrogens is 1. The number of aryl methyl sites for hydroxylation is 1. The van der Waals surface area contributed by atoms with Crippen molar-refractivity contribution in [3.8, 4) is 0 Å². The first-order valence-electron chi connectivity index (χ1n) is 6.21. The first kappa shape index (κ1) is 12.3. The minimum Gasteiger partial charge on any atom is -0.389 e. The van der Waals surface area contributed by atoms with Gasteiger partial charge in [-0.1, -0.05) is 25.1 Å². The van der Waals surface area contributed by atoms with E-state index >= 15 is 0 Å². The molecule has 4 heteroatoms. The third-order valence-corrected chi connectivity index (χ3v) is 3.41. The van der Waals surface area contributed by atoms with E-state index in [1.807, 2.05) is 19.1 Å². The fraction of sp³-hybridized carbons (Fsp3) is 0.538. The smallest absolute Gasteiger partial charge is 0.139 e. The minimum absolute atomic E-state index is 0.441. The van der Waals surface area contributed by atoms with Gasteiger partial charge in [0.05, 0.1) is 5.56 Å². The molecule has 92 valence electrons. The molecule has 0 unspecified atom stereocenters. The first-order valence-corrected chi connectivity index (χ1v) is 6.62. The van der Waals surface area contributed by atoms with Crippen molar-refractivity contribution >= 4 is 23.0 Å². The van der Waals surface area contributed by atoms with Gasteiger partial charge in [0.1, 0.15) is 10.8 Å². The molecule has 2 rings (SSSR count). The van der Waals surface area contributed by atoms with Crippen LogP contribution in [-0.4, -0.2) is 23.1 Å². The topological polar surface area (TPSA) is 42.1 Å². The summed E-state index contributed by atoms with van der Waals surface area (Å²) >= 11 is 5.11. The van der Waals surface area contributed by atoms with Crippen molar-refractivity contribution in [3.63, 3.8) is 0 Å². The Morgan fingerprint density at radius 1 is 1.24 bits per heavy atom. The Morgan fingerprint density at radius 2 is 1.88 bits per heavy atom. The Kier molecular flexibility index (Phi) is 3.94. The highest BCUT2D eigenvalue weighted by Gasteiger charge is 2.16. The molecule has 0 aliphatic carbocycles. The lowest BCUT2D eigenvalue weighted by molar-refractivity contribution is 0.726. The van der Waals surface area contributed by atoms with E-state index in [0.29, 0.717) is 4.99 Å². The molecular weight excluding hydrogens is 230 g/mol. The molecule has 2 heterocycles. The summed E-state index contributed by atoms with van der Waals surface area (Å²) in [7, 11) is 0. The van der Waals surface area contributed by atoms with Gasteiger partial charge in [-0.3, -0.25) is 0 Å². The fourth-order valence-electron chi connectivity index (χ4n) is 2.26. The van der Waals surface area contributed by atoms with Crippen LogP contribution in [0.4, 0.5) is 5.82 Å². The van der Waals surface area contributed by atoms with Crippen molar-refractivity contribution in [2.24, 2.45) is 5.73 Å². The molecule has 0 spiro atoms. The molecule has 17 heavy (non-hydrogen) atoms. The predicted molar refractivity (Wildman–Crippen MR) is 75.5 cm³/mol. The molecule has 0 amide bonds. The Balaban J connectivity index is 2.34. The van der Waals surface area contributed by atoms with Crippen LogP contribution in [0.25, 0.3) is 0 Å². The largest absolute Gasteiger partial charge is 0.389 e. The molecule has 1 aliphatic rings. The lowest BCUT2D eigenvalue weighted by atomic mass is 10.2. The monoisotopic (exact) mass is 249 g/mol. The Bertz CT molecular complexity index is 409. The van der Waals surface area contributed by atoms with Gasteiger partial charge in [0, 0.05) is 18.8 Å². The SMILES string of the molecule is Cc1ccc(C(N)=S)c(N2CCCCCC2)n1. The van der Waals surface area contributed by atoms with Crippen molar-refractivity contribution in [1.29, 1.82) is 0 Å². The Hall–Kier alpha value is -1.16. The zero-order valence-electron chi connectivity index (χ0n) is 10.3. The lowest BCUT2D eigenvalue weighted by Crippen LogP contribution is -2.28. The van der Waals surface area contributed by atoms with E-state index in [9.17, 15) is 0 Å². The summed E-state index contributed by atoms with van der Waals surface area (Å²) < 4.78 is 0. The third kappa shape index (κ3) is 2.94. The van der Waals surface area contributed by atoms with Crippen LogP contribution in [0.15, 0.2) is 12.1 Å². The maximum atomic E-state index is 5.78. The zero-order valence-corrected chi connectivity index (χ0v) is 11.1. The maximum Gasteiger partial charge on any atom is 0.139 e. The summed E-state index contributed by atoms with van der Waals surface area (Å²) in [6.45, 7) is 4.13. The number of rotatable bonds is 2. The predicted octanol–water partition coefficient (Wildman–Crippen LogP) is 2.40. The first-order chi connectivity index (χ1) is 8.18. The summed E-state index contributed by atoms with van der Waals surface area (Å²) in [6, 6.07) is 3.96. The molecule has 0 aromatic carbocycles. The van der Waals surface area contributed by atoms with Crippen molar-refractivity contribution in [1.82, 2.24) is 4.98 Å². The molecule has 0 atom stereocenters. The molecule has 1 aliphatic heterocycles. The molecular formula is C13H19N3S. The van der Waals surface area contributed by atoms with Crippen LogP contribution in [0, 0.1) is 6.92 Å². The Morgan fingerprint density at radius 3 is 2.47 bits per heavy atom. The van der Waals surface area contributed by atoms with Gasteiger partial charge in [-0.25, -0.2) is 4.98 Å². The van der Waals surface area contributed by atoms with Gasteiger partial charge in [0.15, 0.2) is 0 Å². The van der Waals surface area contributed by atoms with E-state index in [1.54, 1.807) is 0 Å². The number of hydrogen-bond acceptors (Lipinski definition) is 3. The van der Waals surface area contributed by atoms with Crippen molar-refractivity contribution in [3.05, 3.63) is 23.4 Å². The van der Waals surface area contributed by atoms with Crippen molar-refractivity contribution < 1.29 is 0 Å². The van der Waals surface area contributed by atoms with Gasteiger partial charge >= 0.3 is 0 Å². The normalized spacial score (nSPS) is 16.6. The number of pyridine rings is 1. The van der Waals surface area contributed by atoms with E-state index in [1.165, 1.54) is 25.7 Å². The third-order valence-electron chi connectivity index (χ3n) is 3.19. The van der Waals surface area contributed by atoms with Gasteiger partial charge in [0.25, 0.3) is 0 Å². The van der Waals surface area contributed by atoms with Crippen LogP contribution in [0.2, 0.25) is 0 Å². The molecule has 0 radical (unpaired) electrons. The molecule has 1 aromatic heterocycles. The van der Waals surface area contributed by atoms with E-state index in [-0.39, 0.29) is 0 Å². The molecule has 1 aromatic rings. The molecule has 2 N–H and O–H groups in total.